The van der Waals surface area contributed by atoms with E-state index in [9.17, 15) is 4.79 Å². The molecule has 0 atom stereocenters. The molecule has 1 aliphatic rings. The molecule has 0 aliphatic heterocycles. The van der Waals surface area contributed by atoms with E-state index in [1.165, 1.54) is 0 Å². The highest BCUT2D eigenvalue weighted by atomic mass is 35.5. The molecule has 25 heavy (non-hydrogen) atoms. The maximum atomic E-state index is 12.4. The fourth-order valence-electron chi connectivity index (χ4n) is 2.62. The van der Waals surface area contributed by atoms with Crippen LogP contribution in [0.25, 0.3) is 0 Å². The van der Waals surface area contributed by atoms with Gasteiger partial charge >= 0.3 is 0 Å². The van der Waals surface area contributed by atoms with Gasteiger partial charge in [-0.05, 0) is 49.2 Å². The molecule has 0 saturated heterocycles. The van der Waals surface area contributed by atoms with E-state index < -0.39 is 0 Å². The van der Waals surface area contributed by atoms with Crippen LogP contribution in [-0.2, 0) is 4.79 Å². The molecular weight excluding hydrogens is 356 g/mol. The molecular formula is C19H21ClN2O2S. The third kappa shape index (κ3) is 5.47. The first-order valence-corrected chi connectivity index (χ1v) is 9.52. The smallest absolute Gasteiger partial charge is 0.238 e. The first kappa shape index (κ1) is 18.3. The molecule has 1 saturated carbocycles. The van der Waals surface area contributed by atoms with E-state index in [0.29, 0.717) is 24.2 Å². The van der Waals surface area contributed by atoms with Crippen LogP contribution in [0.1, 0.15) is 12.8 Å². The van der Waals surface area contributed by atoms with E-state index >= 15 is 0 Å². The van der Waals surface area contributed by atoms with Gasteiger partial charge in [0.05, 0.1) is 18.8 Å². The number of aliphatic hydroxyl groups is 1. The lowest BCUT2D eigenvalue weighted by Crippen LogP contribution is -2.36. The van der Waals surface area contributed by atoms with Gasteiger partial charge in [0, 0.05) is 27.4 Å². The molecule has 4 nitrogen and oxygen atoms in total. The molecule has 0 heterocycles. The number of carbonyl (C=O) groups is 1. The molecule has 1 amide bonds. The lowest BCUT2D eigenvalue weighted by Gasteiger charge is -2.20. The summed E-state index contributed by atoms with van der Waals surface area (Å²) in [7, 11) is 0. The van der Waals surface area contributed by atoms with E-state index in [4.69, 9.17) is 16.7 Å². The van der Waals surface area contributed by atoms with Crippen LogP contribution in [-0.4, -0.2) is 41.7 Å². The third-order valence-corrected chi connectivity index (χ3v) is 5.34. The zero-order chi connectivity index (χ0) is 17.6. The Labute approximate surface area is 157 Å². The molecule has 0 aromatic heterocycles. The molecule has 2 N–H and O–H groups in total. The summed E-state index contributed by atoms with van der Waals surface area (Å²) in [5.74, 6) is -0.0514. The van der Waals surface area contributed by atoms with Gasteiger partial charge < -0.3 is 10.4 Å². The quantitative estimate of drug-likeness (QED) is 0.734. The fourth-order valence-corrected chi connectivity index (χ4v) is 3.65. The van der Waals surface area contributed by atoms with E-state index in [0.717, 1.165) is 28.3 Å². The first-order valence-electron chi connectivity index (χ1n) is 8.33. The summed E-state index contributed by atoms with van der Waals surface area (Å²) < 4.78 is 0. The number of aliphatic hydroxyl groups excluding tert-OH is 1. The number of hydrogen-bond donors (Lipinski definition) is 2. The second kappa shape index (κ2) is 8.72. The zero-order valence-corrected chi connectivity index (χ0v) is 15.4. The van der Waals surface area contributed by atoms with Gasteiger partial charge in [-0.2, -0.15) is 0 Å². The Morgan fingerprint density at radius 1 is 1.20 bits per heavy atom. The predicted octanol–water partition coefficient (Wildman–Crippen LogP) is 3.89. The molecule has 2 aromatic carbocycles. The van der Waals surface area contributed by atoms with Gasteiger partial charge in [-0.25, -0.2) is 0 Å². The van der Waals surface area contributed by atoms with E-state index in [1.54, 1.807) is 11.8 Å². The Bertz CT molecular complexity index is 720. The van der Waals surface area contributed by atoms with Crippen LogP contribution >= 0.6 is 23.4 Å². The van der Waals surface area contributed by atoms with Crippen molar-refractivity contribution in [3.8, 4) is 0 Å². The Morgan fingerprint density at radius 3 is 2.60 bits per heavy atom. The molecule has 1 aliphatic carbocycles. The van der Waals surface area contributed by atoms with Crippen molar-refractivity contribution in [3.63, 3.8) is 0 Å². The number of amides is 1. The van der Waals surface area contributed by atoms with Crippen molar-refractivity contribution < 1.29 is 9.90 Å². The fraction of sp³-hybridized carbons (Fsp3) is 0.316. The topological polar surface area (TPSA) is 52.6 Å². The Kier molecular flexibility index (Phi) is 6.37. The van der Waals surface area contributed by atoms with Crippen LogP contribution < -0.4 is 5.32 Å². The van der Waals surface area contributed by atoms with Crippen molar-refractivity contribution in [2.45, 2.75) is 28.7 Å². The third-order valence-electron chi connectivity index (χ3n) is 4.00. The van der Waals surface area contributed by atoms with Gasteiger partial charge in [0.15, 0.2) is 0 Å². The molecule has 3 rings (SSSR count). The molecule has 0 spiro atoms. The number of para-hydroxylation sites is 1. The molecule has 132 valence electrons. The highest BCUT2D eigenvalue weighted by molar-refractivity contribution is 7.99. The summed E-state index contributed by atoms with van der Waals surface area (Å²) in [4.78, 5) is 16.5. The SMILES string of the molecule is O=C(CN(CCO)C1CC1)Nc1ccccc1Sc1ccc(Cl)cc1. The summed E-state index contributed by atoms with van der Waals surface area (Å²) in [6.45, 7) is 0.928. The lowest BCUT2D eigenvalue weighted by molar-refractivity contribution is -0.117. The van der Waals surface area contributed by atoms with Crippen LogP contribution in [0.15, 0.2) is 58.3 Å². The first-order chi connectivity index (χ1) is 12.2. The zero-order valence-electron chi connectivity index (χ0n) is 13.8. The minimum Gasteiger partial charge on any atom is -0.395 e. The summed E-state index contributed by atoms with van der Waals surface area (Å²) in [6, 6.07) is 15.8. The molecule has 0 radical (unpaired) electrons. The monoisotopic (exact) mass is 376 g/mol. The number of anilines is 1. The van der Waals surface area contributed by atoms with Crippen molar-refractivity contribution in [2.24, 2.45) is 0 Å². The second-order valence-electron chi connectivity index (χ2n) is 6.03. The number of halogens is 1. The lowest BCUT2D eigenvalue weighted by atomic mass is 10.3. The summed E-state index contributed by atoms with van der Waals surface area (Å²) in [5, 5.41) is 12.9. The van der Waals surface area contributed by atoms with Crippen molar-refractivity contribution >= 4 is 35.0 Å². The molecule has 6 heteroatoms. The number of hydrogen-bond acceptors (Lipinski definition) is 4. The Morgan fingerprint density at radius 2 is 1.92 bits per heavy atom. The van der Waals surface area contributed by atoms with Gasteiger partial charge in [-0.3, -0.25) is 9.69 Å². The van der Waals surface area contributed by atoms with Crippen molar-refractivity contribution in [1.82, 2.24) is 4.90 Å². The number of rotatable bonds is 8. The minimum atomic E-state index is -0.0514. The van der Waals surface area contributed by atoms with E-state index in [2.05, 4.69) is 5.32 Å². The molecule has 2 aromatic rings. The Hall–Kier alpha value is -1.53. The number of nitrogens with zero attached hydrogens (tertiary/aromatic N) is 1. The van der Waals surface area contributed by atoms with Gasteiger partial charge in [0.1, 0.15) is 0 Å². The van der Waals surface area contributed by atoms with E-state index in [1.807, 2.05) is 53.4 Å². The maximum absolute atomic E-state index is 12.4. The van der Waals surface area contributed by atoms with E-state index in [-0.39, 0.29) is 12.5 Å². The Balaban J connectivity index is 1.65. The molecule has 0 unspecified atom stereocenters. The average Bonchev–Trinajstić information content (AvgIpc) is 3.43. The summed E-state index contributed by atoms with van der Waals surface area (Å²) in [6.07, 6.45) is 2.21. The number of carbonyl (C=O) groups excluding carboxylic acids is 1. The van der Waals surface area contributed by atoms with Gasteiger partial charge in [-0.1, -0.05) is 35.5 Å². The summed E-state index contributed by atoms with van der Waals surface area (Å²) in [5.41, 5.74) is 0.798. The molecule has 1 fully saturated rings. The number of benzene rings is 2. The van der Waals surface area contributed by atoms with Gasteiger partial charge in [0.25, 0.3) is 0 Å². The van der Waals surface area contributed by atoms with Gasteiger partial charge in [0.2, 0.25) is 5.91 Å². The average molecular weight is 377 g/mol. The highest BCUT2D eigenvalue weighted by Crippen LogP contribution is 2.34. The normalized spacial score (nSPS) is 13.9. The van der Waals surface area contributed by atoms with Crippen molar-refractivity contribution in [3.05, 3.63) is 53.6 Å². The predicted molar refractivity (Wildman–Crippen MR) is 102 cm³/mol. The van der Waals surface area contributed by atoms with Crippen LogP contribution in [0, 0.1) is 0 Å². The van der Waals surface area contributed by atoms with Crippen LogP contribution in [0.3, 0.4) is 0 Å². The van der Waals surface area contributed by atoms with Crippen LogP contribution in [0.5, 0.6) is 0 Å². The molecule has 0 bridgehead atoms. The number of nitrogens with one attached hydrogen (secondary N) is 1. The maximum Gasteiger partial charge on any atom is 0.238 e. The standard InChI is InChI=1S/C19H21ClN2O2S/c20-14-5-9-16(10-6-14)25-18-4-2-1-3-17(18)21-19(24)13-22(11-12-23)15-7-8-15/h1-6,9-10,15,23H,7-8,11-13H2,(H,21,24). The van der Waals surface area contributed by atoms with Crippen LogP contribution in [0.2, 0.25) is 5.02 Å². The van der Waals surface area contributed by atoms with Crippen molar-refractivity contribution in [2.75, 3.05) is 25.0 Å². The van der Waals surface area contributed by atoms with Crippen molar-refractivity contribution in [1.29, 1.82) is 0 Å². The summed E-state index contributed by atoms with van der Waals surface area (Å²) >= 11 is 7.52. The second-order valence-corrected chi connectivity index (χ2v) is 7.58. The van der Waals surface area contributed by atoms with Gasteiger partial charge in [-0.15, -0.1) is 0 Å². The largest absolute Gasteiger partial charge is 0.395 e. The highest BCUT2D eigenvalue weighted by Gasteiger charge is 2.29. The minimum absolute atomic E-state index is 0.0514. The van der Waals surface area contributed by atoms with Crippen LogP contribution in [0.4, 0.5) is 5.69 Å².